The van der Waals surface area contributed by atoms with Crippen molar-refractivity contribution in [3.8, 4) is 0 Å². The molecule has 1 amide bonds. The van der Waals surface area contributed by atoms with Crippen LogP contribution in [0.15, 0.2) is 97.2 Å². The monoisotopic (exact) mass is 1070 g/mol. The molecule has 436 valence electrons. The molecule has 0 radical (unpaired) electrons. The molecule has 12 atom stereocenters. The summed E-state index contributed by atoms with van der Waals surface area (Å²) in [4.78, 5) is 13.3. The van der Waals surface area contributed by atoms with Gasteiger partial charge in [0.15, 0.2) is 12.6 Å². The van der Waals surface area contributed by atoms with Crippen LogP contribution < -0.4 is 5.32 Å². The van der Waals surface area contributed by atoms with E-state index >= 15 is 0 Å². The predicted molar refractivity (Wildman–Crippen MR) is 304 cm³/mol. The molecule has 0 aromatic carbocycles. The summed E-state index contributed by atoms with van der Waals surface area (Å²) in [5.74, 6) is -0.268. The fourth-order valence-corrected chi connectivity index (χ4v) is 9.01. The van der Waals surface area contributed by atoms with Crippen LogP contribution in [0.25, 0.3) is 0 Å². The van der Waals surface area contributed by atoms with Crippen LogP contribution in [0.3, 0.4) is 0 Å². The van der Waals surface area contributed by atoms with Crippen LogP contribution in [0.1, 0.15) is 194 Å². The van der Waals surface area contributed by atoms with Gasteiger partial charge in [-0.3, -0.25) is 4.79 Å². The summed E-state index contributed by atoms with van der Waals surface area (Å²) >= 11 is 0. The standard InChI is InChI=1S/C62H105NO13/c1-3-5-7-9-11-13-15-17-19-21-22-23-24-25-26-27-28-30-32-34-36-38-40-42-44-46-54(67)63-50(51(66)45-43-41-39-37-35-33-31-29-20-18-16-14-12-10-8-6-4-2)49-73-61-59(72)57(70)60(53(48-65)75-61)76-62-58(71)56(69)55(68)52(47-64)74-62/h5,7,11,13,17,19,22-23,25-26,28,30,35,37,43,45,50-53,55-62,64-66,68-72H,3-4,6,8-10,12,14-16,18,20-21,24,27,29,31-34,36,38-42,44,46-49H2,1-2H3,(H,63,67)/b7-5-,13-11-,19-17-,23-22-,26-25-,30-28-,37-35+,45-43+. The quantitative estimate of drug-likeness (QED) is 0.0205. The van der Waals surface area contributed by atoms with Gasteiger partial charge in [-0.25, -0.2) is 0 Å². The number of ether oxygens (including phenoxy) is 4. The summed E-state index contributed by atoms with van der Waals surface area (Å²) in [6, 6.07) is -0.946. The molecule has 2 fully saturated rings. The molecule has 0 bridgehead atoms. The lowest BCUT2D eigenvalue weighted by molar-refractivity contribution is -0.359. The molecule has 12 unspecified atom stereocenters. The summed E-state index contributed by atoms with van der Waals surface area (Å²) in [5, 5.41) is 87.0. The Balaban J connectivity index is 1.79. The number of rotatable bonds is 45. The molecule has 0 spiro atoms. The summed E-state index contributed by atoms with van der Waals surface area (Å²) in [6.07, 6.45) is 47.2. The highest BCUT2D eigenvalue weighted by atomic mass is 16.7. The van der Waals surface area contributed by atoms with Gasteiger partial charge in [-0.05, 0) is 83.5 Å². The Bertz CT molecular complexity index is 1640. The SMILES string of the molecule is CC/C=C\C/C=C\C/C=C\C/C=C\C/C=C\C/C=C\CCCCCCCCC(=O)NC(COC1OC(CO)C(OC2OC(CO)C(O)C(O)C2O)C(O)C1O)C(O)/C=C/CC/C=C/CCCCCCCCCCCCC. The smallest absolute Gasteiger partial charge is 0.220 e. The van der Waals surface area contributed by atoms with E-state index in [4.69, 9.17) is 18.9 Å². The summed E-state index contributed by atoms with van der Waals surface area (Å²) in [5.41, 5.74) is 0. The first-order valence-electron chi connectivity index (χ1n) is 29.5. The van der Waals surface area contributed by atoms with Crippen molar-refractivity contribution in [2.45, 2.75) is 267 Å². The summed E-state index contributed by atoms with van der Waals surface area (Å²) in [6.45, 7) is 2.64. The van der Waals surface area contributed by atoms with E-state index < -0.39 is 86.8 Å². The highest BCUT2D eigenvalue weighted by Gasteiger charge is 2.51. The van der Waals surface area contributed by atoms with Gasteiger partial charge in [0.25, 0.3) is 0 Å². The van der Waals surface area contributed by atoms with Crippen molar-refractivity contribution in [2.24, 2.45) is 0 Å². The Labute approximate surface area is 458 Å². The molecular formula is C62H105NO13. The number of hydrogen-bond acceptors (Lipinski definition) is 13. The van der Waals surface area contributed by atoms with Crippen LogP contribution in [0.2, 0.25) is 0 Å². The Morgan fingerprint density at radius 3 is 1.45 bits per heavy atom. The Morgan fingerprint density at radius 2 is 0.921 bits per heavy atom. The number of aliphatic hydroxyl groups excluding tert-OH is 8. The second-order valence-electron chi connectivity index (χ2n) is 20.4. The maximum absolute atomic E-state index is 13.3. The van der Waals surface area contributed by atoms with Crippen LogP contribution in [0.4, 0.5) is 0 Å². The van der Waals surface area contributed by atoms with Crippen LogP contribution in [-0.4, -0.2) is 140 Å². The van der Waals surface area contributed by atoms with Gasteiger partial charge in [0.2, 0.25) is 5.91 Å². The number of allylic oxidation sites excluding steroid dienone is 15. The van der Waals surface area contributed by atoms with E-state index in [1.54, 1.807) is 6.08 Å². The molecule has 76 heavy (non-hydrogen) atoms. The fourth-order valence-electron chi connectivity index (χ4n) is 9.01. The van der Waals surface area contributed by atoms with E-state index in [0.29, 0.717) is 12.8 Å². The van der Waals surface area contributed by atoms with Crippen molar-refractivity contribution < 1.29 is 64.6 Å². The second kappa shape index (κ2) is 46.8. The number of unbranched alkanes of at least 4 members (excludes halogenated alkanes) is 18. The maximum atomic E-state index is 13.3. The maximum Gasteiger partial charge on any atom is 0.220 e. The van der Waals surface area contributed by atoms with Gasteiger partial charge in [-0.15, -0.1) is 0 Å². The third-order valence-corrected chi connectivity index (χ3v) is 13.8. The number of carbonyl (C=O) groups is 1. The van der Waals surface area contributed by atoms with Crippen LogP contribution in [-0.2, 0) is 23.7 Å². The van der Waals surface area contributed by atoms with Crippen molar-refractivity contribution >= 4 is 5.91 Å². The number of amides is 1. The third-order valence-electron chi connectivity index (χ3n) is 13.8. The molecule has 0 aromatic heterocycles. The molecule has 14 nitrogen and oxygen atoms in total. The zero-order valence-electron chi connectivity index (χ0n) is 46.7. The van der Waals surface area contributed by atoms with Crippen LogP contribution in [0.5, 0.6) is 0 Å². The lowest BCUT2D eigenvalue weighted by Gasteiger charge is -2.46. The van der Waals surface area contributed by atoms with E-state index in [2.05, 4.69) is 104 Å². The normalized spacial score (nSPS) is 25.6. The topological polar surface area (TPSA) is 228 Å². The van der Waals surface area contributed by atoms with E-state index in [1.165, 1.54) is 70.6 Å². The van der Waals surface area contributed by atoms with Crippen molar-refractivity contribution in [2.75, 3.05) is 19.8 Å². The Hall–Kier alpha value is -3.09. The Kier molecular flexibility index (Phi) is 42.5. The highest BCUT2D eigenvalue weighted by Crippen LogP contribution is 2.30. The van der Waals surface area contributed by atoms with Crippen LogP contribution in [0, 0.1) is 0 Å². The summed E-state index contributed by atoms with van der Waals surface area (Å²) in [7, 11) is 0. The second-order valence-corrected chi connectivity index (χ2v) is 20.4. The molecule has 14 heteroatoms. The van der Waals surface area contributed by atoms with Crippen molar-refractivity contribution in [1.29, 1.82) is 0 Å². The van der Waals surface area contributed by atoms with Crippen molar-refractivity contribution in [1.82, 2.24) is 5.32 Å². The first-order chi connectivity index (χ1) is 37.1. The number of nitrogens with one attached hydrogen (secondary N) is 1. The van der Waals surface area contributed by atoms with Gasteiger partial charge >= 0.3 is 0 Å². The van der Waals surface area contributed by atoms with E-state index in [1.807, 2.05) is 6.08 Å². The van der Waals surface area contributed by atoms with Crippen molar-refractivity contribution in [3.63, 3.8) is 0 Å². The van der Waals surface area contributed by atoms with E-state index in [0.717, 1.165) is 89.9 Å². The first kappa shape index (κ1) is 69.0. The number of aliphatic hydroxyl groups is 8. The molecule has 2 heterocycles. The highest BCUT2D eigenvalue weighted by molar-refractivity contribution is 5.76. The molecule has 2 aliphatic rings. The molecule has 2 rings (SSSR count). The van der Waals surface area contributed by atoms with Gasteiger partial charge in [-0.2, -0.15) is 0 Å². The number of carbonyl (C=O) groups excluding carboxylic acids is 1. The third kappa shape index (κ3) is 32.1. The number of hydrogen-bond donors (Lipinski definition) is 9. The lowest BCUT2D eigenvalue weighted by Crippen LogP contribution is -2.65. The minimum Gasteiger partial charge on any atom is -0.394 e. The lowest BCUT2D eigenvalue weighted by atomic mass is 9.97. The van der Waals surface area contributed by atoms with E-state index in [-0.39, 0.29) is 18.9 Å². The van der Waals surface area contributed by atoms with Crippen molar-refractivity contribution in [3.05, 3.63) is 97.2 Å². The predicted octanol–water partition coefficient (Wildman–Crippen LogP) is 9.89. The minimum atomic E-state index is -1.80. The minimum absolute atomic E-state index is 0.250. The average molecular weight is 1070 g/mol. The van der Waals surface area contributed by atoms with Gasteiger partial charge in [0, 0.05) is 6.42 Å². The first-order valence-corrected chi connectivity index (χ1v) is 29.5. The van der Waals surface area contributed by atoms with Gasteiger partial charge < -0.3 is 65.1 Å². The zero-order valence-corrected chi connectivity index (χ0v) is 46.7. The molecule has 9 N–H and O–H groups in total. The molecular weight excluding hydrogens is 967 g/mol. The van der Waals surface area contributed by atoms with Gasteiger partial charge in [-0.1, -0.05) is 201 Å². The Morgan fingerprint density at radius 1 is 0.487 bits per heavy atom. The molecule has 0 aliphatic carbocycles. The average Bonchev–Trinajstić information content (AvgIpc) is 3.42. The van der Waals surface area contributed by atoms with Crippen LogP contribution >= 0.6 is 0 Å². The molecule has 2 aliphatic heterocycles. The summed E-state index contributed by atoms with van der Waals surface area (Å²) < 4.78 is 22.7. The van der Waals surface area contributed by atoms with E-state index in [9.17, 15) is 45.6 Å². The molecule has 0 saturated carbocycles. The zero-order chi connectivity index (χ0) is 55.3. The fraction of sp³-hybridized carbons (Fsp3) is 0.726. The molecule has 2 saturated heterocycles. The van der Waals surface area contributed by atoms with Gasteiger partial charge in [0.05, 0.1) is 32.0 Å². The van der Waals surface area contributed by atoms with Gasteiger partial charge in [0.1, 0.15) is 48.8 Å². The largest absolute Gasteiger partial charge is 0.394 e. The molecule has 0 aromatic rings.